The topological polar surface area (TPSA) is 140 Å². The van der Waals surface area contributed by atoms with E-state index < -0.39 is 24.0 Å². The smallest absolute Gasteiger partial charge is 0.268 e. The van der Waals surface area contributed by atoms with Crippen molar-refractivity contribution in [3.63, 3.8) is 0 Å². The highest BCUT2D eigenvalue weighted by Crippen LogP contribution is 2.11. The SMILES string of the molecule is C.C[C@@H](O)[C@H](NC(=O)c1ccc(C#Cc2cccc(NC(=O)CN3CCOCC3)c2)cc1)C(=O)NO. The van der Waals surface area contributed by atoms with Crippen LogP contribution in [0, 0.1) is 11.8 Å². The van der Waals surface area contributed by atoms with E-state index in [0.29, 0.717) is 36.6 Å². The average molecular weight is 497 g/mol. The Bertz CT molecular complexity index is 1100. The molecule has 0 radical (unpaired) electrons. The lowest BCUT2D eigenvalue weighted by atomic mass is 10.1. The number of ether oxygens (including phenoxy) is 1. The average Bonchev–Trinajstić information content (AvgIpc) is 2.86. The monoisotopic (exact) mass is 496 g/mol. The fourth-order valence-electron chi connectivity index (χ4n) is 3.39. The number of benzene rings is 2. The predicted octanol–water partition coefficient (Wildman–Crippen LogP) is 0.978. The minimum absolute atomic E-state index is 0. The number of nitrogens with one attached hydrogen (secondary N) is 3. The fourth-order valence-corrected chi connectivity index (χ4v) is 3.39. The van der Waals surface area contributed by atoms with Crippen LogP contribution in [-0.2, 0) is 14.3 Å². The first-order chi connectivity index (χ1) is 16.9. The van der Waals surface area contributed by atoms with Crippen molar-refractivity contribution in [3.05, 3.63) is 65.2 Å². The van der Waals surface area contributed by atoms with E-state index in [2.05, 4.69) is 22.5 Å². The zero-order chi connectivity index (χ0) is 25.2. The normalized spacial score (nSPS) is 14.8. The predicted molar refractivity (Wildman–Crippen MR) is 134 cm³/mol. The van der Waals surface area contributed by atoms with Crippen LogP contribution in [0.4, 0.5) is 5.69 Å². The van der Waals surface area contributed by atoms with Gasteiger partial charge in [-0.1, -0.05) is 25.3 Å². The molecule has 2 aromatic carbocycles. The summed E-state index contributed by atoms with van der Waals surface area (Å²) in [5.41, 5.74) is 3.70. The molecule has 1 saturated heterocycles. The first-order valence-electron chi connectivity index (χ1n) is 11.1. The van der Waals surface area contributed by atoms with Crippen molar-refractivity contribution in [2.75, 3.05) is 38.2 Å². The Morgan fingerprint density at radius 3 is 2.36 bits per heavy atom. The number of hydroxylamine groups is 1. The molecular formula is C26H32N4O6. The number of aliphatic hydroxyl groups excluding tert-OH is 1. The number of morpholine rings is 1. The van der Waals surface area contributed by atoms with Crippen LogP contribution >= 0.6 is 0 Å². The molecule has 0 spiro atoms. The molecule has 3 amide bonds. The number of carbonyl (C=O) groups is 3. The minimum Gasteiger partial charge on any atom is -0.391 e. The highest BCUT2D eigenvalue weighted by molar-refractivity contribution is 5.97. The van der Waals surface area contributed by atoms with Crippen LogP contribution in [0.15, 0.2) is 48.5 Å². The van der Waals surface area contributed by atoms with Crippen LogP contribution in [0.2, 0.25) is 0 Å². The van der Waals surface area contributed by atoms with Crippen LogP contribution in [0.5, 0.6) is 0 Å². The summed E-state index contributed by atoms with van der Waals surface area (Å²) in [7, 11) is 0. The Hall–Kier alpha value is -3.75. The Labute approximate surface area is 210 Å². The van der Waals surface area contributed by atoms with E-state index in [1.54, 1.807) is 24.3 Å². The molecule has 192 valence electrons. The molecule has 0 unspecified atom stereocenters. The molecule has 2 aromatic rings. The molecule has 10 nitrogen and oxygen atoms in total. The summed E-state index contributed by atoms with van der Waals surface area (Å²) in [6, 6.07) is 12.3. The first kappa shape index (κ1) is 28.5. The third-order valence-electron chi connectivity index (χ3n) is 5.28. The van der Waals surface area contributed by atoms with Gasteiger partial charge in [-0.25, -0.2) is 5.48 Å². The second kappa shape index (κ2) is 14.0. The van der Waals surface area contributed by atoms with E-state index in [0.717, 1.165) is 13.1 Å². The molecule has 0 bridgehead atoms. The van der Waals surface area contributed by atoms with Gasteiger partial charge < -0.3 is 20.5 Å². The van der Waals surface area contributed by atoms with Crippen molar-refractivity contribution in [2.24, 2.45) is 0 Å². The number of hydrogen-bond acceptors (Lipinski definition) is 7. The van der Waals surface area contributed by atoms with Gasteiger partial charge in [0.1, 0.15) is 6.04 Å². The zero-order valence-electron chi connectivity index (χ0n) is 19.3. The maximum absolute atomic E-state index is 12.4. The Morgan fingerprint density at radius 2 is 1.72 bits per heavy atom. The number of rotatable bonds is 7. The summed E-state index contributed by atoms with van der Waals surface area (Å²) in [5.74, 6) is 4.44. The van der Waals surface area contributed by atoms with E-state index in [4.69, 9.17) is 9.94 Å². The van der Waals surface area contributed by atoms with Crippen LogP contribution in [0.1, 0.15) is 35.8 Å². The van der Waals surface area contributed by atoms with Crippen molar-refractivity contribution >= 4 is 23.4 Å². The van der Waals surface area contributed by atoms with E-state index in [1.165, 1.54) is 24.5 Å². The highest BCUT2D eigenvalue weighted by atomic mass is 16.5. The van der Waals surface area contributed by atoms with E-state index in [9.17, 15) is 19.5 Å². The van der Waals surface area contributed by atoms with Crippen LogP contribution in [-0.4, -0.2) is 77.9 Å². The molecule has 10 heteroatoms. The van der Waals surface area contributed by atoms with E-state index in [-0.39, 0.29) is 18.9 Å². The van der Waals surface area contributed by atoms with Crippen molar-refractivity contribution in [1.82, 2.24) is 15.7 Å². The quantitative estimate of drug-likeness (QED) is 0.219. The van der Waals surface area contributed by atoms with Crippen molar-refractivity contribution in [3.8, 4) is 11.8 Å². The molecule has 0 aliphatic carbocycles. The van der Waals surface area contributed by atoms with Gasteiger partial charge in [0, 0.05) is 35.5 Å². The van der Waals surface area contributed by atoms with Crippen molar-refractivity contribution < 1.29 is 29.4 Å². The number of hydrogen-bond donors (Lipinski definition) is 5. The molecule has 2 atom stereocenters. The summed E-state index contributed by atoms with van der Waals surface area (Å²) in [4.78, 5) is 38.3. The summed E-state index contributed by atoms with van der Waals surface area (Å²) in [5, 5.41) is 23.6. The highest BCUT2D eigenvalue weighted by Gasteiger charge is 2.25. The van der Waals surface area contributed by atoms with Crippen molar-refractivity contribution in [1.29, 1.82) is 0 Å². The maximum atomic E-state index is 12.4. The van der Waals surface area contributed by atoms with Gasteiger partial charge >= 0.3 is 0 Å². The second-order valence-electron chi connectivity index (χ2n) is 8.01. The molecule has 5 N–H and O–H groups in total. The summed E-state index contributed by atoms with van der Waals surface area (Å²) in [6.07, 6.45) is -1.20. The number of anilines is 1. The lowest BCUT2D eigenvalue weighted by Crippen LogP contribution is -2.51. The molecule has 1 aliphatic heterocycles. The fraction of sp³-hybridized carbons (Fsp3) is 0.346. The molecule has 1 heterocycles. The van der Waals surface area contributed by atoms with Gasteiger partial charge in [-0.05, 0) is 49.4 Å². The van der Waals surface area contributed by atoms with Gasteiger partial charge in [-0.3, -0.25) is 24.5 Å². The standard InChI is InChI=1S/C25H28N4O6.CH4/c1-17(30)23(25(33)28-34)27-24(32)20-9-7-18(8-10-20)5-6-19-3-2-4-21(15-19)26-22(31)16-29-11-13-35-14-12-29;/h2-4,7-10,15,17,23,30,34H,11-14,16H2,1H3,(H,26,31)(H,27,32)(H,28,33);1H4/t17-,23+;/m1./s1. The Kier molecular flexibility index (Phi) is 11.1. The van der Waals surface area contributed by atoms with Gasteiger partial charge in [-0.15, -0.1) is 0 Å². The van der Waals surface area contributed by atoms with Crippen LogP contribution < -0.4 is 16.1 Å². The lowest BCUT2D eigenvalue weighted by Gasteiger charge is -2.25. The van der Waals surface area contributed by atoms with Gasteiger partial charge in [0.2, 0.25) is 5.91 Å². The van der Waals surface area contributed by atoms with Gasteiger partial charge in [-0.2, -0.15) is 0 Å². The number of amides is 3. The molecule has 1 aliphatic rings. The van der Waals surface area contributed by atoms with Crippen molar-refractivity contribution in [2.45, 2.75) is 26.5 Å². The van der Waals surface area contributed by atoms with Gasteiger partial charge in [0.05, 0.1) is 25.9 Å². The van der Waals surface area contributed by atoms with Gasteiger partial charge in [0.15, 0.2) is 0 Å². The molecule has 36 heavy (non-hydrogen) atoms. The largest absolute Gasteiger partial charge is 0.391 e. The molecule has 0 saturated carbocycles. The zero-order valence-corrected chi connectivity index (χ0v) is 19.3. The van der Waals surface area contributed by atoms with E-state index >= 15 is 0 Å². The van der Waals surface area contributed by atoms with E-state index in [1.807, 2.05) is 17.0 Å². The van der Waals surface area contributed by atoms with Crippen LogP contribution in [0.25, 0.3) is 0 Å². The minimum atomic E-state index is -1.30. The summed E-state index contributed by atoms with van der Waals surface area (Å²) >= 11 is 0. The number of nitrogens with zero attached hydrogens (tertiary/aromatic N) is 1. The Balaban J connectivity index is 0.00000456. The molecule has 0 aromatic heterocycles. The first-order valence-corrected chi connectivity index (χ1v) is 11.1. The molecule has 1 fully saturated rings. The van der Waals surface area contributed by atoms with Crippen LogP contribution in [0.3, 0.4) is 0 Å². The lowest BCUT2D eigenvalue weighted by molar-refractivity contribution is -0.133. The molecule has 3 rings (SSSR count). The third-order valence-corrected chi connectivity index (χ3v) is 5.28. The number of aliphatic hydroxyl groups is 1. The van der Waals surface area contributed by atoms with Gasteiger partial charge in [0.25, 0.3) is 11.8 Å². The number of carbonyl (C=O) groups excluding carboxylic acids is 3. The Morgan fingerprint density at radius 1 is 1.06 bits per heavy atom. The second-order valence-corrected chi connectivity index (χ2v) is 8.01. The maximum Gasteiger partial charge on any atom is 0.268 e. The summed E-state index contributed by atoms with van der Waals surface area (Å²) < 4.78 is 5.29. The summed E-state index contributed by atoms with van der Waals surface area (Å²) in [6.45, 7) is 4.36. The molecular weight excluding hydrogens is 464 g/mol. The third kappa shape index (κ3) is 8.48.